The molecule has 0 aromatic heterocycles. The van der Waals surface area contributed by atoms with Crippen molar-refractivity contribution in [2.75, 3.05) is 20.1 Å². The van der Waals surface area contributed by atoms with Crippen LogP contribution in [0.3, 0.4) is 0 Å². The first-order valence-electron chi connectivity index (χ1n) is 6.84. The molecule has 0 heterocycles. The SMILES string of the molecule is CCC(NCCN(C)C(C)C)c1ccc(Cl)c(Cl)c1. The highest BCUT2D eigenvalue weighted by atomic mass is 35.5. The van der Waals surface area contributed by atoms with Crippen LogP contribution in [0.4, 0.5) is 0 Å². The second-order valence-corrected chi connectivity index (χ2v) is 5.98. The van der Waals surface area contributed by atoms with Crippen molar-refractivity contribution in [2.24, 2.45) is 0 Å². The van der Waals surface area contributed by atoms with E-state index >= 15 is 0 Å². The van der Waals surface area contributed by atoms with E-state index in [9.17, 15) is 0 Å². The quantitative estimate of drug-likeness (QED) is 0.804. The van der Waals surface area contributed by atoms with Crippen LogP contribution < -0.4 is 5.32 Å². The van der Waals surface area contributed by atoms with Crippen molar-refractivity contribution < 1.29 is 0 Å². The maximum atomic E-state index is 6.07. The number of likely N-dealkylation sites (N-methyl/N-ethyl adjacent to an activating group) is 1. The molecule has 0 bridgehead atoms. The fraction of sp³-hybridized carbons (Fsp3) is 0.600. The summed E-state index contributed by atoms with van der Waals surface area (Å²) in [7, 11) is 2.15. The van der Waals surface area contributed by atoms with Crippen molar-refractivity contribution in [1.29, 1.82) is 0 Å². The lowest BCUT2D eigenvalue weighted by Gasteiger charge is -2.23. The highest BCUT2D eigenvalue weighted by molar-refractivity contribution is 6.42. The molecule has 2 nitrogen and oxygen atoms in total. The molecule has 4 heteroatoms. The standard InChI is InChI=1S/C15H24Cl2N2/c1-5-15(18-8-9-19(4)11(2)3)12-6-7-13(16)14(17)10-12/h6-7,10-11,15,18H,5,8-9H2,1-4H3. The largest absolute Gasteiger partial charge is 0.309 e. The van der Waals surface area contributed by atoms with Gasteiger partial charge in [-0.2, -0.15) is 0 Å². The molecule has 0 aliphatic heterocycles. The third-order valence-electron chi connectivity index (χ3n) is 3.49. The molecule has 0 spiro atoms. The average Bonchev–Trinajstić information content (AvgIpc) is 2.37. The molecule has 19 heavy (non-hydrogen) atoms. The van der Waals surface area contributed by atoms with Gasteiger partial charge in [0.15, 0.2) is 0 Å². The molecule has 1 rings (SSSR count). The van der Waals surface area contributed by atoms with Gasteiger partial charge in [0.05, 0.1) is 10.0 Å². The lowest BCUT2D eigenvalue weighted by Crippen LogP contribution is -2.35. The third-order valence-corrected chi connectivity index (χ3v) is 4.23. The number of benzene rings is 1. The molecule has 0 aliphatic rings. The van der Waals surface area contributed by atoms with Gasteiger partial charge in [0.1, 0.15) is 0 Å². The number of rotatable bonds is 7. The molecule has 1 atom stereocenters. The molecule has 108 valence electrons. The zero-order valence-corrected chi connectivity index (χ0v) is 13.7. The van der Waals surface area contributed by atoms with E-state index in [1.54, 1.807) is 0 Å². The van der Waals surface area contributed by atoms with Gasteiger partial charge in [-0.1, -0.05) is 36.2 Å². The highest BCUT2D eigenvalue weighted by Gasteiger charge is 2.11. The molecule has 0 saturated carbocycles. The summed E-state index contributed by atoms with van der Waals surface area (Å²) >= 11 is 12.0. The lowest BCUT2D eigenvalue weighted by molar-refractivity contribution is 0.268. The monoisotopic (exact) mass is 302 g/mol. The van der Waals surface area contributed by atoms with Crippen LogP contribution in [0.1, 0.15) is 38.8 Å². The molecule has 1 aromatic carbocycles. The second kappa shape index (κ2) is 8.11. The van der Waals surface area contributed by atoms with Crippen LogP contribution in [-0.4, -0.2) is 31.1 Å². The summed E-state index contributed by atoms with van der Waals surface area (Å²) in [5.74, 6) is 0. The molecule has 0 amide bonds. The summed E-state index contributed by atoms with van der Waals surface area (Å²) in [6.07, 6.45) is 1.03. The Hall–Kier alpha value is -0.280. The van der Waals surface area contributed by atoms with Crippen molar-refractivity contribution >= 4 is 23.2 Å². The first-order valence-corrected chi connectivity index (χ1v) is 7.59. The predicted molar refractivity (Wildman–Crippen MR) is 85.3 cm³/mol. The molecule has 1 unspecified atom stereocenters. The number of hydrogen-bond donors (Lipinski definition) is 1. The van der Waals surface area contributed by atoms with Gasteiger partial charge in [-0.25, -0.2) is 0 Å². The van der Waals surface area contributed by atoms with E-state index in [0.717, 1.165) is 19.5 Å². The maximum Gasteiger partial charge on any atom is 0.0595 e. The zero-order chi connectivity index (χ0) is 14.4. The van der Waals surface area contributed by atoms with Crippen LogP contribution in [0.2, 0.25) is 10.0 Å². The summed E-state index contributed by atoms with van der Waals surface area (Å²) in [6.45, 7) is 8.59. The number of nitrogens with one attached hydrogen (secondary N) is 1. The summed E-state index contributed by atoms with van der Waals surface area (Å²) in [4.78, 5) is 2.33. The average molecular weight is 303 g/mol. The molecular formula is C15H24Cl2N2. The van der Waals surface area contributed by atoms with Gasteiger partial charge in [0.25, 0.3) is 0 Å². The van der Waals surface area contributed by atoms with Gasteiger partial charge >= 0.3 is 0 Å². The fourth-order valence-electron chi connectivity index (χ4n) is 1.90. The minimum Gasteiger partial charge on any atom is -0.309 e. The molecule has 1 aromatic rings. The predicted octanol–water partition coefficient (Wildman–Crippen LogP) is 4.37. The van der Waals surface area contributed by atoms with Crippen molar-refractivity contribution in [1.82, 2.24) is 10.2 Å². The Bertz CT molecular complexity index is 394. The van der Waals surface area contributed by atoms with E-state index in [0.29, 0.717) is 22.1 Å². The molecular weight excluding hydrogens is 279 g/mol. The van der Waals surface area contributed by atoms with Gasteiger partial charge in [-0.05, 0) is 45.0 Å². The molecule has 0 fully saturated rings. The van der Waals surface area contributed by atoms with E-state index in [-0.39, 0.29) is 0 Å². The first-order chi connectivity index (χ1) is 8.95. The van der Waals surface area contributed by atoms with Crippen LogP contribution in [0, 0.1) is 0 Å². The Balaban J connectivity index is 2.56. The Morgan fingerprint density at radius 1 is 1.21 bits per heavy atom. The van der Waals surface area contributed by atoms with Gasteiger partial charge in [0.2, 0.25) is 0 Å². The normalized spacial score (nSPS) is 13.3. The fourth-order valence-corrected chi connectivity index (χ4v) is 2.21. The van der Waals surface area contributed by atoms with Crippen LogP contribution in [0.5, 0.6) is 0 Å². The summed E-state index contributed by atoms with van der Waals surface area (Å²) in [5.41, 5.74) is 1.20. The van der Waals surface area contributed by atoms with Crippen molar-refractivity contribution in [3.8, 4) is 0 Å². The summed E-state index contributed by atoms with van der Waals surface area (Å²) in [6, 6.07) is 6.77. The molecule has 1 N–H and O–H groups in total. The Kier molecular flexibility index (Phi) is 7.16. The first kappa shape index (κ1) is 16.8. The Morgan fingerprint density at radius 2 is 1.89 bits per heavy atom. The lowest BCUT2D eigenvalue weighted by atomic mass is 10.0. The smallest absolute Gasteiger partial charge is 0.0595 e. The van der Waals surface area contributed by atoms with Gasteiger partial charge in [-0.3, -0.25) is 0 Å². The number of nitrogens with zero attached hydrogens (tertiary/aromatic N) is 1. The molecule has 0 saturated heterocycles. The van der Waals surface area contributed by atoms with Crippen LogP contribution in [0.25, 0.3) is 0 Å². The van der Waals surface area contributed by atoms with Crippen molar-refractivity contribution in [3.63, 3.8) is 0 Å². The third kappa shape index (κ3) is 5.31. The topological polar surface area (TPSA) is 15.3 Å². The minimum absolute atomic E-state index is 0.329. The van der Waals surface area contributed by atoms with Crippen LogP contribution >= 0.6 is 23.2 Å². The van der Waals surface area contributed by atoms with Crippen LogP contribution in [0.15, 0.2) is 18.2 Å². The Morgan fingerprint density at radius 3 is 2.42 bits per heavy atom. The van der Waals surface area contributed by atoms with Crippen molar-refractivity contribution in [2.45, 2.75) is 39.3 Å². The van der Waals surface area contributed by atoms with Crippen molar-refractivity contribution in [3.05, 3.63) is 33.8 Å². The van der Waals surface area contributed by atoms with Gasteiger partial charge in [0, 0.05) is 25.2 Å². The van der Waals surface area contributed by atoms with E-state index in [4.69, 9.17) is 23.2 Å². The van der Waals surface area contributed by atoms with Gasteiger partial charge < -0.3 is 10.2 Å². The second-order valence-electron chi connectivity index (χ2n) is 5.16. The number of halogens is 2. The van der Waals surface area contributed by atoms with E-state index < -0.39 is 0 Å². The van der Waals surface area contributed by atoms with Gasteiger partial charge in [-0.15, -0.1) is 0 Å². The van der Waals surface area contributed by atoms with E-state index in [2.05, 4.69) is 38.0 Å². The molecule has 0 aliphatic carbocycles. The summed E-state index contributed by atoms with van der Waals surface area (Å²) < 4.78 is 0. The Labute approximate surface area is 127 Å². The molecule has 0 radical (unpaired) electrons. The maximum absolute atomic E-state index is 6.07. The number of hydrogen-bond acceptors (Lipinski definition) is 2. The van der Waals surface area contributed by atoms with Crippen LogP contribution in [-0.2, 0) is 0 Å². The zero-order valence-electron chi connectivity index (χ0n) is 12.2. The summed E-state index contributed by atoms with van der Waals surface area (Å²) in [5, 5.41) is 4.81. The van der Waals surface area contributed by atoms with E-state index in [1.807, 2.05) is 18.2 Å². The van der Waals surface area contributed by atoms with E-state index in [1.165, 1.54) is 5.56 Å². The minimum atomic E-state index is 0.329. The highest BCUT2D eigenvalue weighted by Crippen LogP contribution is 2.26.